The summed E-state index contributed by atoms with van der Waals surface area (Å²) < 4.78 is 4.95. The maximum Gasteiger partial charge on any atom is 0.247 e. The molecule has 1 aliphatic heterocycles. The zero-order chi connectivity index (χ0) is 18.4. The second-order valence-electron chi connectivity index (χ2n) is 6.58. The Morgan fingerprint density at radius 2 is 2.04 bits per heavy atom. The lowest BCUT2D eigenvalue weighted by molar-refractivity contribution is -0.116. The summed E-state index contributed by atoms with van der Waals surface area (Å²) in [6.07, 6.45) is 1.06. The molecule has 1 saturated heterocycles. The minimum Gasteiger partial charge on any atom is -0.374 e. The molecule has 1 amide bonds. The molecule has 0 saturated carbocycles. The van der Waals surface area contributed by atoms with Crippen LogP contribution >= 0.6 is 11.8 Å². The Labute approximate surface area is 158 Å². The standard InChI is InChI=1S/C19H26N4O2S/c1-14-13-18(22-25-14)21-19(24)15(2)20-17-5-3-16(4-6-17)7-8-23-9-11-26-12-10-23/h3-6,13,15,20H,7-12H2,1-2H3,(H,21,22,24). The molecule has 2 N–H and O–H groups in total. The van der Waals surface area contributed by atoms with Gasteiger partial charge in [0.15, 0.2) is 5.82 Å². The van der Waals surface area contributed by atoms with Gasteiger partial charge in [0.1, 0.15) is 11.8 Å². The van der Waals surface area contributed by atoms with Crippen molar-refractivity contribution in [1.82, 2.24) is 10.1 Å². The van der Waals surface area contributed by atoms with Crippen molar-refractivity contribution >= 4 is 29.2 Å². The molecule has 0 aliphatic carbocycles. The summed E-state index contributed by atoms with van der Waals surface area (Å²) in [4.78, 5) is 14.7. The molecule has 1 aromatic carbocycles. The number of aromatic nitrogens is 1. The number of amides is 1. The van der Waals surface area contributed by atoms with Gasteiger partial charge in [-0.3, -0.25) is 4.79 Å². The van der Waals surface area contributed by atoms with E-state index in [-0.39, 0.29) is 11.9 Å². The van der Waals surface area contributed by atoms with Crippen LogP contribution in [0.1, 0.15) is 18.2 Å². The van der Waals surface area contributed by atoms with Gasteiger partial charge in [-0.25, -0.2) is 0 Å². The van der Waals surface area contributed by atoms with Gasteiger partial charge in [0.05, 0.1) is 0 Å². The summed E-state index contributed by atoms with van der Waals surface area (Å²) in [5.41, 5.74) is 2.26. The van der Waals surface area contributed by atoms with Crippen LogP contribution < -0.4 is 10.6 Å². The molecule has 140 valence electrons. The smallest absolute Gasteiger partial charge is 0.247 e. The van der Waals surface area contributed by atoms with Crippen molar-refractivity contribution in [3.05, 3.63) is 41.7 Å². The lowest BCUT2D eigenvalue weighted by Crippen LogP contribution is -2.34. The Morgan fingerprint density at radius 3 is 2.69 bits per heavy atom. The molecule has 7 heteroatoms. The highest BCUT2D eigenvalue weighted by Gasteiger charge is 2.15. The van der Waals surface area contributed by atoms with Crippen molar-refractivity contribution in [2.45, 2.75) is 26.3 Å². The number of carbonyl (C=O) groups excluding carboxylic acids is 1. The third-order valence-corrected chi connectivity index (χ3v) is 5.37. The molecule has 0 bridgehead atoms. The van der Waals surface area contributed by atoms with Crippen LogP contribution in [-0.4, -0.2) is 53.1 Å². The summed E-state index contributed by atoms with van der Waals surface area (Å²) in [7, 11) is 0. The molecular formula is C19H26N4O2S. The molecule has 2 heterocycles. The molecule has 1 aliphatic rings. The zero-order valence-electron chi connectivity index (χ0n) is 15.3. The van der Waals surface area contributed by atoms with E-state index in [4.69, 9.17) is 4.52 Å². The summed E-state index contributed by atoms with van der Waals surface area (Å²) in [5, 5.41) is 9.73. The molecule has 0 radical (unpaired) electrons. The molecule has 3 rings (SSSR count). The van der Waals surface area contributed by atoms with Gasteiger partial charge < -0.3 is 20.1 Å². The van der Waals surface area contributed by atoms with E-state index < -0.39 is 0 Å². The van der Waals surface area contributed by atoms with Crippen molar-refractivity contribution in [2.24, 2.45) is 0 Å². The highest BCUT2D eigenvalue weighted by Crippen LogP contribution is 2.14. The number of carbonyl (C=O) groups is 1. The van der Waals surface area contributed by atoms with E-state index in [0.29, 0.717) is 11.6 Å². The average Bonchev–Trinajstić information content (AvgIpc) is 3.06. The lowest BCUT2D eigenvalue weighted by Gasteiger charge is -2.26. The average molecular weight is 375 g/mol. The van der Waals surface area contributed by atoms with Crippen LogP contribution in [0.25, 0.3) is 0 Å². The molecular weight excluding hydrogens is 348 g/mol. The molecule has 1 aromatic heterocycles. The Bertz CT molecular complexity index is 711. The number of nitrogens with one attached hydrogen (secondary N) is 2. The van der Waals surface area contributed by atoms with E-state index in [0.717, 1.165) is 18.7 Å². The van der Waals surface area contributed by atoms with Gasteiger partial charge in [0, 0.05) is 42.9 Å². The monoisotopic (exact) mass is 374 g/mol. The van der Waals surface area contributed by atoms with Crippen LogP contribution in [0, 0.1) is 6.92 Å². The topological polar surface area (TPSA) is 70.4 Å². The van der Waals surface area contributed by atoms with E-state index in [1.54, 1.807) is 13.0 Å². The number of rotatable bonds is 7. The van der Waals surface area contributed by atoms with Gasteiger partial charge in [0.25, 0.3) is 0 Å². The lowest BCUT2D eigenvalue weighted by atomic mass is 10.1. The second-order valence-corrected chi connectivity index (χ2v) is 7.80. The third-order valence-electron chi connectivity index (χ3n) is 4.43. The molecule has 6 nitrogen and oxygen atoms in total. The Hall–Kier alpha value is -1.99. The van der Waals surface area contributed by atoms with Crippen molar-refractivity contribution < 1.29 is 9.32 Å². The van der Waals surface area contributed by atoms with Crippen molar-refractivity contribution in [3.8, 4) is 0 Å². The Morgan fingerprint density at radius 1 is 1.31 bits per heavy atom. The van der Waals surface area contributed by atoms with Gasteiger partial charge >= 0.3 is 0 Å². The number of thioether (sulfide) groups is 1. The fraction of sp³-hybridized carbons (Fsp3) is 0.474. The summed E-state index contributed by atoms with van der Waals surface area (Å²) in [6, 6.07) is 9.65. The number of anilines is 2. The van der Waals surface area contributed by atoms with Gasteiger partial charge in [-0.1, -0.05) is 17.3 Å². The summed E-state index contributed by atoms with van der Waals surface area (Å²) >= 11 is 2.04. The Kier molecular flexibility index (Phi) is 6.57. The first kappa shape index (κ1) is 18.8. The summed E-state index contributed by atoms with van der Waals surface area (Å²) in [6.45, 7) is 7.12. The molecule has 26 heavy (non-hydrogen) atoms. The van der Waals surface area contributed by atoms with Crippen LogP contribution in [0.2, 0.25) is 0 Å². The van der Waals surface area contributed by atoms with Crippen molar-refractivity contribution in [1.29, 1.82) is 0 Å². The molecule has 1 unspecified atom stereocenters. The first-order chi connectivity index (χ1) is 12.6. The van der Waals surface area contributed by atoms with Crippen LogP contribution in [0.5, 0.6) is 0 Å². The van der Waals surface area contributed by atoms with Crippen LogP contribution in [0.15, 0.2) is 34.9 Å². The van der Waals surface area contributed by atoms with Gasteiger partial charge in [-0.05, 0) is 38.0 Å². The number of hydrogen-bond acceptors (Lipinski definition) is 6. The number of benzene rings is 1. The zero-order valence-corrected chi connectivity index (χ0v) is 16.1. The molecule has 2 aromatic rings. The minimum atomic E-state index is -0.372. The van der Waals surface area contributed by atoms with E-state index >= 15 is 0 Å². The second kappa shape index (κ2) is 9.09. The Balaban J connectivity index is 1.46. The normalized spacial score (nSPS) is 16.2. The van der Waals surface area contributed by atoms with E-state index in [2.05, 4.69) is 32.8 Å². The van der Waals surface area contributed by atoms with E-state index in [1.807, 2.05) is 30.8 Å². The highest BCUT2D eigenvalue weighted by atomic mass is 32.2. The minimum absolute atomic E-state index is 0.148. The maximum atomic E-state index is 12.2. The van der Waals surface area contributed by atoms with Crippen LogP contribution in [-0.2, 0) is 11.2 Å². The fourth-order valence-corrected chi connectivity index (χ4v) is 3.83. The van der Waals surface area contributed by atoms with Gasteiger partial charge in [0.2, 0.25) is 5.91 Å². The maximum absolute atomic E-state index is 12.2. The van der Waals surface area contributed by atoms with Gasteiger partial charge in [-0.15, -0.1) is 0 Å². The van der Waals surface area contributed by atoms with Crippen LogP contribution in [0.3, 0.4) is 0 Å². The molecule has 1 fully saturated rings. The number of aryl methyl sites for hydroxylation is 1. The predicted octanol–water partition coefficient (Wildman–Crippen LogP) is 3.01. The number of hydrogen-bond donors (Lipinski definition) is 2. The summed E-state index contributed by atoms with van der Waals surface area (Å²) in [5.74, 6) is 3.45. The third kappa shape index (κ3) is 5.51. The van der Waals surface area contributed by atoms with E-state index in [9.17, 15) is 4.79 Å². The first-order valence-corrected chi connectivity index (χ1v) is 10.2. The fourth-order valence-electron chi connectivity index (χ4n) is 2.85. The van der Waals surface area contributed by atoms with Crippen molar-refractivity contribution in [2.75, 3.05) is 41.8 Å². The first-order valence-electron chi connectivity index (χ1n) is 9.00. The highest BCUT2D eigenvalue weighted by molar-refractivity contribution is 7.99. The van der Waals surface area contributed by atoms with Gasteiger partial charge in [-0.2, -0.15) is 11.8 Å². The van der Waals surface area contributed by atoms with Crippen molar-refractivity contribution in [3.63, 3.8) is 0 Å². The van der Waals surface area contributed by atoms with Crippen LogP contribution in [0.4, 0.5) is 11.5 Å². The molecule has 0 spiro atoms. The SMILES string of the molecule is Cc1cc(NC(=O)C(C)Nc2ccc(CCN3CCSCC3)cc2)no1. The quantitative estimate of drug-likeness (QED) is 0.776. The largest absolute Gasteiger partial charge is 0.374 e. The number of nitrogens with zero attached hydrogens (tertiary/aromatic N) is 2. The molecule has 1 atom stereocenters. The predicted molar refractivity (Wildman–Crippen MR) is 107 cm³/mol. The van der Waals surface area contributed by atoms with E-state index in [1.165, 1.54) is 30.2 Å².